The first-order valence-electron chi connectivity index (χ1n) is 11.0. The van der Waals surface area contributed by atoms with E-state index in [0.717, 1.165) is 12.0 Å². The molecule has 0 spiro atoms. The topological polar surface area (TPSA) is 101 Å². The normalized spacial score (nSPS) is 10.8. The van der Waals surface area contributed by atoms with Gasteiger partial charge >= 0.3 is 0 Å². The highest BCUT2D eigenvalue weighted by Crippen LogP contribution is 2.19. The molecule has 4 aromatic rings. The number of amides is 2. The number of nitrogens with zero attached hydrogens (tertiary/aromatic N) is 1. The van der Waals surface area contributed by atoms with Crippen LogP contribution in [0, 0.1) is 12.7 Å². The highest BCUT2D eigenvalue weighted by molar-refractivity contribution is 6.04. The van der Waals surface area contributed by atoms with Gasteiger partial charge in [0.1, 0.15) is 5.82 Å². The van der Waals surface area contributed by atoms with E-state index in [1.165, 1.54) is 35.4 Å². The van der Waals surface area contributed by atoms with Crippen LogP contribution in [0.25, 0.3) is 0 Å². The number of H-pyrrole nitrogens is 1. The van der Waals surface area contributed by atoms with E-state index in [1.807, 2.05) is 19.1 Å². The van der Waals surface area contributed by atoms with Crippen LogP contribution in [0.5, 0.6) is 0 Å². The third kappa shape index (κ3) is 5.56. The van der Waals surface area contributed by atoms with Crippen LogP contribution in [0.15, 0.2) is 72.8 Å². The zero-order valence-corrected chi connectivity index (χ0v) is 18.8. The number of primary amides is 1. The minimum atomic E-state index is -0.508. The Morgan fingerprint density at radius 2 is 1.56 bits per heavy atom. The van der Waals surface area contributed by atoms with Gasteiger partial charge in [0.2, 0.25) is 0 Å². The summed E-state index contributed by atoms with van der Waals surface area (Å²) >= 11 is 0. The van der Waals surface area contributed by atoms with Gasteiger partial charge in [-0.15, -0.1) is 0 Å². The van der Waals surface area contributed by atoms with E-state index in [2.05, 4.69) is 39.8 Å². The van der Waals surface area contributed by atoms with Crippen LogP contribution in [0.4, 0.5) is 10.1 Å². The van der Waals surface area contributed by atoms with Crippen LogP contribution >= 0.6 is 0 Å². The summed E-state index contributed by atoms with van der Waals surface area (Å²) in [5.41, 5.74) is 11.7. The maximum Gasteiger partial charge on any atom is 0.255 e. The zero-order chi connectivity index (χ0) is 24.1. The summed E-state index contributed by atoms with van der Waals surface area (Å²) in [5, 5.41) is 10.1. The molecular formula is C27H25FN4O2. The third-order valence-corrected chi connectivity index (χ3v) is 5.63. The van der Waals surface area contributed by atoms with E-state index in [1.54, 1.807) is 12.1 Å². The highest BCUT2D eigenvalue weighted by Gasteiger charge is 2.18. The summed E-state index contributed by atoms with van der Waals surface area (Å²) in [6.07, 6.45) is 1.81. The van der Waals surface area contributed by atoms with E-state index < -0.39 is 11.7 Å². The number of aromatic amines is 1. The standard InChI is InChI=1S/C27H25FN4O2/c1-17-2-4-18(5-3-17)8-15-23-25(26(29)33)24(32-31-23)16-19-6-13-22(14-7-19)30-27(34)20-9-11-21(28)12-10-20/h2-7,9-14H,8,15-16H2,1H3,(H2,29,33)(H,30,34)(H,31,32). The molecule has 0 aliphatic heterocycles. The zero-order valence-electron chi connectivity index (χ0n) is 18.8. The van der Waals surface area contributed by atoms with Crippen LogP contribution in [0.1, 0.15) is 48.8 Å². The molecule has 3 aromatic carbocycles. The van der Waals surface area contributed by atoms with Crippen molar-refractivity contribution in [3.05, 3.63) is 118 Å². The number of carbonyl (C=O) groups excluding carboxylic acids is 2. The molecule has 0 fully saturated rings. The van der Waals surface area contributed by atoms with Crippen molar-refractivity contribution in [3.8, 4) is 0 Å². The minimum Gasteiger partial charge on any atom is -0.365 e. The second-order valence-corrected chi connectivity index (χ2v) is 8.21. The van der Waals surface area contributed by atoms with Gasteiger partial charge in [-0.1, -0.05) is 42.0 Å². The number of aryl methyl sites for hydroxylation is 3. The molecule has 0 bridgehead atoms. The summed E-state index contributed by atoms with van der Waals surface area (Å²) in [6, 6.07) is 20.9. The Hall–Kier alpha value is -4.26. The highest BCUT2D eigenvalue weighted by atomic mass is 19.1. The fraction of sp³-hybridized carbons (Fsp3) is 0.148. The van der Waals surface area contributed by atoms with Gasteiger partial charge in [0, 0.05) is 17.7 Å². The molecule has 0 aliphatic carbocycles. The molecule has 1 heterocycles. The molecule has 2 amide bonds. The molecular weight excluding hydrogens is 431 g/mol. The summed E-state index contributed by atoms with van der Waals surface area (Å²) in [5.74, 6) is -1.23. The number of rotatable bonds is 8. The van der Waals surface area contributed by atoms with Gasteiger partial charge < -0.3 is 11.1 Å². The van der Waals surface area contributed by atoms with Gasteiger partial charge in [-0.25, -0.2) is 4.39 Å². The largest absolute Gasteiger partial charge is 0.365 e. The number of halogens is 1. The predicted octanol–water partition coefficient (Wildman–Crippen LogP) is 4.58. The molecule has 1 aromatic heterocycles. The SMILES string of the molecule is Cc1ccc(CCc2n[nH]c(Cc3ccc(NC(=O)c4ccc(F)cc4)cc3)c2C(N)=O)cc1. The average Bonchev–Trinajstić information content (AvgIpc) is 3.23. The van der Waals surface area contributed by atoms with Gasteiger partial charge in [-0.3, -0.25) is 14.7 Å². The van der Waals surface area contributed by atoms with Crippen LogP contribution < -0.4 is 11.1 Å². The molecule has 4 N–H and O–H groups in total. The smallest absolute Gasteiger partial charge is 0.255 e. The molecule has 0 radical (unpaired) electrons. The van der Waals surface area contributed by atoms with Crippen LogP contribution in [-0.4, -0.2) is 22.0 Å². The molecule has 172 valence electrons. The average molecular weight is 457 g/mol. The molecule has 0 unspecified atom stereocenters. The number of nitrogens with two attached hydrogens (primary N) is 1. The van der Waals surface area contributed by atoms with E-state index in [0.29, 0.717) is 41.0 Å². The summed E-state index contributed by atoms with van der Waals surface area (Å²) < 4.78 is 13.0. The van der Waals surface area contributed by atoms with Crippen molar-refractivity contribution in [2.45, 2.75) is 26.2 Å². The Balaban J connectivity index is 1.42. The number of benzene rings is 3. The Labute approximate surface area is 197 Å². The number of carbonyl (C=O) groups is 2. The van der Waals surface area contributed by atoms with Crippen LogP contribution in [0.2, 0.25) is 0 Å². The molecule has 34 heavy (non-hydrogen) atoms. The van der Waals surface area contributed by atoms with Crippen molar-refractivity contribution in [1.82, 2.24) is 10.2 Å². The lowest BCUT2D eigenvalue weighted by molar-refractivity contribution is 0.0996. The quantitative estimate of drug-likeness (QED) is 0.362. The fourth-order valence-corrected chi connectivity index (χ4v) is 3.75. The van der Waals surface area contributed by atoms with Crippen molar-refractivity contribution in [3.63, 3.8) is 0 Å². The molecule has 0 atom stereocenters. The second-order valence-electron chi connectivity index (χ2n) is 8.21. The molecule has 0 saturated carbocycles. The van der Waals surface area contributed by atoms with Gasteiger partial charge in [-0.2, -0.15) is 5.10 Å². The van der Waals surface area contributed by atoms with Crippen molar-refractivity contribution in [1.29, 1.82) is 0 Å². The van der Waals surface area contributed by atoms with Gasteiger partial charge in [-0.05, 0) is 67.3 Å². The molecule has 4 rings (SSSR count). The van der Waals surface area contributed by atoms with Crippen molar-refractivity contribution in [2.75, 3.05) is 5.32 Å². The summed E-state index contributed by atoms with van der Waals surface area (Å²) in [6.45, 7) is 2.04. The maximum absolute atomic E-state index is 13.0. The number of nitrogens with one attached hydrogen (secondary N) is 2. The lowest BCUT2D eigenvalue weighted by atomic mass is 10.0. The molecule has 0 saturated heterocycles. The maximum atomic E-state index is 13.0. The second kappa shape index (κ2) is 10.1. The van der Waals surface area contributed by atoms with E-state index >= 15 is 0 Å². The third-order valence-electron chi connectivity index (χ3n) is 5.63. The fourth-order valence-electron chi connectivity index (χ4n) is 3.75. The van der Waals surface area contributed by atoms with E-state index in [-0.39, 0.29) is 5.91 Å². The van der Waals surface area contributed by atoms with Crippen molar-refractivity contribution >= 4 is 17.5 Å². The first-order valence-corrected chi connectivity index (χ1v) is 11.0. The van der Waals surface area contributed by atoms with Crippen molar-refractivity contribution in [2.24, 2.45) is 5.73 Å². The van der Waals surface area contributed by atoms with Gasteiger partial charge in [0.05, 0.1) is 17.0 Å². The summed E-state index contributed by atoms with van der Waals surface area (Å²) in [4.78, 5) is 24.5. The van der Waals surface area contributed by atoms with Crippen molar-refractivity contribution < 1.29 is 14.0 Å². The summed E-state index contributed by atoms with van der Waals surface area (Å²) in [7, 11) is 0. The first kappa shape index (κ1) is 22.9. The lowest BCUT2D eigenvalue weighted by Gasteiger charge is -2.07. The number of hydrogen-bond donors (Lipinski definition) is 3. The Morgan fingerprint density at radius 3 is 2.21 bits per heavy atom. The molecule has 7 heteroatoms. The van der Waals surface area contributed by atoms with Crippen LogP contribution in [0.3, 0.4) is 0 Å². The minimum absolute atomic E-state index is 0.324. The first-order chi connectivity index (χ1) is 16.4. The van der Waals surface area contributed by atoms with E-state index in [4.69, 9.17) is 5.73 Å². The Bertz CT molecular complexity index is 1290. The number of hydrogen-bond acceptors (Lipinski definition) is 3. The Kier molecular flexibility index (Phi) is 6.82. The van der Waals surface area contributed by atoms with Gasteiger partial charge in [0.25, 0.3) is 11.8 Å². The van der Waals surface area contributed by atoms with Gasteiger partial charge in [0.15, 0.2) is 0 Å². The monoisotopic (exact) mass is 456 g/mol. The number of anilines is 1. The number of aromatic nitrogens is 2. The predicted molar refractivity (Wildman–Crippen MR) is 129 cm³/mol. The molecule has 0 aliphatic rings. The lowest BCUT2D eigenvalue weighted by Crippen LogP contribution is -2.15. The van der Waals surface area contributed by atoms with E-state index in [9.17, 15) is 14.0 Å². The Morgan fingerprint density at radius 1 is 0.912 bits per heavy atom. The van der Waals surface area contributed by atoms with Crippen LogP contribution in [-0.2, 0) is 19.3 Å². The molecule has 6 nitrogen and oxygen atoms in total.